The van der Waals surface area contributed by atoms with E-state index in [4.69, 9.17) is 0 Å². The van der Waals surface area contributed by atoms with Gasteiger partial charge >= 0.3 is 0 Å². The van der Waals surface area contributed by atoms with E-state index in [1.165, 1.54) is 25.0 Å². The van der Waals surface area contributed by atoms with Crippen LogP contribution in [0.5, 0.6) is 0 Å². The van der Waals surface area contributed by atoms with E-state index in [-0.39, 0.29) is 10.6 Å². The minimum absolute atomic E-state index is 0.185. The Hall–Kier alpha value is -1.23. The fourth-order valence-electron chi connectivity index (χ4n) is 1.87. The molecule has 0 spiro atoms. The van der Waals surface area contributed by atoms with Crippen molar-refractivity contribution >= 4 is 23.1 Å². The molecule has 1 rings (SSSR count). The molecule has 1 aromatic rings. The van der Waals surface area contributed by atoms with E-state index < -0.39 is 0 Å². The van der Waals surface area contributed by atoms with Gasteiger partial charge in [-0.2, -0.15) is 11.8 Å². The third kappa shape index (κ3) is 5.96. The highest BCUT2D eigenvalue weighted by atomic mass is 32.2. The maximum atomic E-state index is 10.8. The molecule has 0 aromatic heterocycles. The molecule has 1 N–H and O–H groups in total. The van der Waals surface area contributed by atoms with E-state index in [0.29, 0.717) is 5.56 Å². The van der Waals surface area contributed by atoms with Gasteiger partial charge in [-0.3, -0.25) is 10.1 Å². The lowest BCUT2D eigenvalue weighted by atomic mass is 10.1. The zero-order valence-electron chi connectivity index (χ0n) is 11.6. The van der Waals surface area contributed by atoms with E-state index in [0.717, 1.165) is 18.7 Å². The van der Waals surface area contributed by atoms with Crippen molar-refractivity contribution in [3.05, 3.63) is 33.9 Å². The minimum Gasteiger partial charge on any atom is -0.385 e. The van der Waals surface area contributed by atoms with Crippen molar-refractivity contribution in [2.45, 2.75) is 32.6 Å². The van der Waals surface area contributed by atoms with Gasteiger partial charge in [-0.15, -0.1) is 0 Å². The Labute approximate surface area is 119 Å². The number of aryl methyl sites for hydroxylation is 1. The van der Waals surface area contributed by atoms with Crippen LogP contribution in [0.15, 0.2) is 18.2 Å². The summed E-state index contributed by atoms with van der Waals surface area (Å²) in [5.41, 5.74) is 1.72. The molecule has 0 aliphatic rings. The summed E-state index contributed by atoms with van der Waals surface area (Å²) in [6.07, 6.45) is 6.98. The second-order valence-electron chi connectivity index (χ2n) is 4.59. The lowest BCUT2D eigenvalue weighted by Crippen LogP contribution is -2.02. The van der Waals surface area contributed by atoms with E-state index in [2.05, 4.69) is 11.6 Å². The van der Waals surface area contributed by atoms with Gasteiger partial charge in [0.2, 0.25) is 0 Å². The normalized spacial score (nSPS) is 10.4. The first-order valence-electron chi connectivity index (χ1n) is 6.63. The van der Waals surface area contributed by atoms with Crippen LogP contribution in [0.3, 0.4) is 0 Å². The van der Waals surface area contributed by atoms with Crippen molar-refractivity contribution in [1.29, 1.82) is 0 Å². The van der Waals surface area contributed by atoms with E-state index in [1.807, 2.05) is 17.8 Å². The highest BCUT2D eigenvalue weighted by Crippen LogP contribution is 2.22. The SMILES string of the molecule is CSCCCCCCNc1ccc(C)c([N+](=O)[O-])c1. The van der Waals surface area contributed by atoms with Crippen LogP contribution in [0.4, 0.5) is 11.4 Å². The maximum Gasteiger partial charge on any atom is 0.274 e. The zero-order valence-corrected chi connectivity index (χ0v) is 12.5. The molecule has 0 bridgehead atoms. The second kappa shape index (κ2) is 8.80. The highest BCUT2D eigenvalue weighted by molar-refractivity contribution is 7.98. The maximum absolute atomic E-state index is 10.8. The zero-order chi connectivity index (χ0) is 14.1. The first kappa shape index (κ1) is 15.8. The summed E-state index contributed by atoms with van der Waals surface area (Å²) >= 11 is 1.89. The van der Waals surface area contributed by atoms with Gasteiger partial charge in [0.15, 0.2) is 0 Å². The number of rotatable bonds is 9. The molecule has 19 heavy (non-hydrogen) atoms. The largest absolute Gasteiger partial charge is 0.385 e. The average molecular weight is 282 g/mol. The van der Waals surface area contributed by atoms with E-state index in [1.54, 1.807) is 19.1 Å². The molecule has 0 atom stereocenters. The van der Waals surface area contributed by atoms with Crippen LogP contribution in [0, 0.1) is 17.0 Å². The molecule has 0 saturated heterocycles. The van der Waals surface area contributed by atoms with Crippen molar-refractivity contribution in [1.82, 2.24) is 0 Å². The molecular formula is C14H22N2O2S. The second-order valence-corrected chi connectivity index (χ2v) is 5.58. The molecule has 0 aliphatic carbocycles. The molecule has 5 heteroatoms. The first-order valence-corrected chi connectivity index (χ1v) is 8.02. The number of benzene rings is 1. The molecule has 0 heterocycles. The van der Waals surface area contributed by atoms with Gasteiger partial charge in [0.25, 0.3) is 5.69 Å². The van der Waals surface area contributed by atoms with Crippen LogP contribution in [-0.4, -0.2) is 23.5 Å². The smallest absolute Gasteiger partial charge is 0.274 e. The fourth-order valence-corrected chi connectivity index (χ4v) is 2.37. The Morgan fingerprint density at radius 1 is 1.26 bits per heavy atom. The summed E-state index contributed by atoms with van der Waals surface area (Å²) in [7, 11) is 0. The van der Waals surface area contributed by atoms with Gasteiger partial charge in [-0.25, -0.2) is 0 Å². The van der Waals surface area contributed by atoms with Crippen molar-refractivity contribution in [2.75, 3.05) is 23.9 Å². The van der Waals surface area contributed by atoms with Gasteiger partial charge in [-0.1, -0.05) is 18.9 Å². The molecule has 0 saturated carbocycles. The summed E-state index contributed by atoms with van der Waals surface area (Å²) in [4.78, 5) is 10.5. The Morgan fingerprint density at radius 2 is 2.00 bits per heavy atom. The number of hydrogen-bond donors (Lipinski definition) is 1. The topological polar surface area (TPSA) is 55.2 Å². The molecular weight excluding hydrogens is 260 g/mol. The third-order valence-electron chi connectivity index (χ3n) is 3.01. The van der Waals surface area contributed by atoms with Gasteiger partial charge in [0, 0.05) is 23.9 Å². The quantitative estimate of drug-likeness (QED) is 0.418. The number of nitro groups is 1. The summed E-state index contributed by atoms with van der Waals surface area (Å²) in [5.74, 6) is 1.23. The summed E-state index contributed by atoms with van der Waals surface area (Å²) < 4.78 is 0. The molecule has 106 valence electrons. The number of nitrogens with zero attached hydrogens (tertiary/aromatic N) is 1. The number of nitro benzene ring substituents is 1. The Balaban J connectivity index is 2.30. The number of hydrogen-bond acceptors (Lipinski definition) is 4. The van der Waals surface area contributed by atoms with Crippen molar-refractivity contribution in [3.63, 3.8) is 0 Å². The van der Waals surface area contributed by atoms with Crippen LogP contribution in [0.25, 0.3) is 0 Å². The molecule has 0 aliphatic heterocycles. The van der Waals surface area contributed by atoms with Crippen LogP contribution in [0.2, 0.25) is 0 Å². The van der Waals surface area contributed by atoms with Crippen molar-refractivity contribution < 1.29 is 4.92 Å². The lowest BCUT2D eigenvalue weighted by molar-refractivity contribution is -0.385. The molecule has 0 amide bonds. The predicted octanol–water partition coefficient (Wildman–Crippen LogP) is 4.24. The molecule has 0 radical (unpaired) electrons. The lowest BCUT2D eigenvalue weighted by Gasteiger charge is -2.07. The minimum atomic E-state index is -0.330. The molecule has 0 fully saturated rings. The molecule has 4 nitrogen and oxygen atoms in total. The van der Waals surface area contributed by atoms with E-state index >= 15 is 0 Å². The predicted molar refractivity (Wildman–Crippen MR) is 83.2 cm³/mol. The monoisotopic (exact) mass is 282 g/mol. The number of nitrogens with one attached hydrogen (secondary N) is 1. The van der Waals surface area contributed by atoms with Gasteiger partial charge in [0.1, 0.15) is 0 Å². The van der Waals surface area contributed by atoms with Crippen molar-refractivity contribution in [2.24, 2.45) is 0 Å². The van der Waals surface area contributed by atoms with Gasteiger partial charge in [0.05, 0.1) is 4.92 Å². The van der Waals surface area contributed by atoms with Crippen LogP contribution in [-0.2, 0) is 0 Å². The summed E-state index contributed by atoms with van der Waals surface area (Å²) in [6, 6.07) is 5.30. The van der Waals surface area contributed by atoms with E-state index in [9.17, 15) is 10.1 Å². The van der Waals surface area contributed by atoms with Gasteiger partial charge < -0.3 is 5.32 Å². The summed E-state index contributed by atoms with van der Waals surface area (Å²) in [5, 5.41) is 14.1. The first-order chi connectivity index (χ1) is 9.15. The molecule has 0 unspecified atom stereocenters. The van der Waals surface area contributed by atoms with Crippen LogP contribution in [0.1, 0.15) is 31.2 Å². The average Bonchev–Trinajstić information content (AvgIpc) is 2.39. The number of thioether (sulfide) groups is 1. The summed E-state index contributed by atoms with van der Waals surface area (Å²) in [6.45, 7) is 2.63. The Morgan fingerprint density at radius 3 is 2.68 bits per heavy atom. The highest BCUT2D eigenvalue weighted by Gasteiger charge is 2.10. The third-order valence-corrected chi connectivity index (χ3v) is 3.71. The van der Waals surface area contributed by atoms with Gasteiger partial charge in [-0.05, 0) is 37.8 Å². The number of unbranched alkanes of at least 4 members (excludes halogenated alkanes) is 3. The Bertz CT molecular complexity index is 410. The van der Waals surface area contributed by atoms with Crippen LogP contribution >= 0.6 is 11.8 Å². The Kier molecular flexibility index (Phi) is 7.33. The van der Waals surface area contributed by atoms with Crippen LogP contribution < -0.4 is 5.32 Å². The molecule has 1 aromatic carbocycles. The van der Waals surface area contributed by atoms with Crippen molar-refractivity contribution in [3.8, 4) is 0 Å². The number of anilines is 1. The standard InChI is InChI=1S/C14H22N2O2S/c1-12-7-8-13(11-14(12)16(17)18)15-9-5-3-4-6-10-19-2/h7-8,11,15H,3-6,9-10H2,1-2H3. The fraction of sp³-hybridized carbons (Fsp3) is 0.571.